The second kappa shape index (κ2) is 6.24. The van der Waals surface area contributed by atoms with Crippen molar-refractivity contribution in [2.75, 3.05) is 13.1 Å². The van der Waals surface area contributed by atoms with E-state index in [4.69, 9.17) is 5.73 Å². The van der Waals surface area contributed by atoms with Crippen LogP contribution in [-0.4, -0.2) is 24.0 Å². The van der Waals surface area contributed by atoms with Crippen LogP contribution in [0.15, 0.2) is 24.3 Å². The molecule has 0 aliphatic carbocycles. The van der Waals surface area contributed by atoms with Crippen LogP contribution >= 0.6 is 12.4 Å². The lowest BCUT2D eigenvalue weighted by Crippen LogP contribution is -2.34. The minimum atomic E-state index is 0. The molecule has 2 rings (SSSR count). The van der Waals surface area contributed by atoms with Crippen molar-refractivity contribution in [3.8, 4) is 0 Å². The summed E-state index contributed by atoms with van der Waals surface area (Å²) in [5, 5.41) is 0. The molecule has 3 heteroatoms. The van der Waals surface area contributed by atoms with Crippen molar-refractivity contribution in [1.29, 1.82) is 0 Å². The molecule has 0 bridgehead atoms. The first-order valence-electron chi connectivity index (χ1n) is 5.80. The molecule has 90 valence electrons. The van der Waals surface area contributed by atoms with Crippen molar-refractivity contribution in [2.24, 2.45) is 5.73 Å². The molecular formula is C13H21ClN2. The summed E-state index contributed by atoms with van der Waals surface area (Å²) in [4.78, 5) is 2.52. The van der Waals surface area contributed by atoms with Gasteiger partial charge in [-0.1, -0.05) is 24.3 Å². The number of likely N-dealkylation sites (tertiary alicyclic amines) is 1. The van der Waals surface area contributed by atoms with E-state index in [1.54, 1.807) is 0 Å². The summed E-state index contributed by atoms with van der Waals surface area (Å²) in [6.45, 7) is 5.25. The Bertz CT molecular complexity index is 327. The Morgan fingerprint density at radius 2 is 2.12 bits per heavy atom. The molecule has 0 radical (unpaired) electrons. The van der Waals surface area contributed by atoms with Gasteiger partial charge in [-0.25, -0.2) is 0 Å². The summed E-state index contributed by atoms with van der Waals surface area (Å²) in [6, 6.07) is 9.23. The number of halogens is 1. The standard InChI is InChI=1S/C13H20N2.ClH/c1-11-5-2-3-6-12(11)10-15-8-4-7-13(15)9-14;/h2-3,5-6,13H,4,7-10,14H2,1H3;1H. The SMILES string of the molecule is Cc1ccccc1CN1CCCC1CN.Cl. The Morgan fingerprint density at radius 3 is 2.81 bits per heavy atom. The van der Waals surface area contributed by atoms with Crippen LogP contribution in [0.25, 0.3) is 0 Å². The highest BCUT2D eigenvalue weighted by molar-refractivity contribution is 5.85. The fourth-order valence-corrected chi connectivity index (χ4v) is 2.38. The van der Waals surface area contributed by atoms with E-state index in [9.17, 15) is 0 Å². The third-order valence-electron chi connectivity index (χ3n) is 3.41. The van der Waals surface area contributed by atoms with Crippen molar-refractivity contribution in [3.05, 3.63) is 35.4 Å². The van der Waals surface area contributed by atoms with Crippen LogP contribution in [-0.2, 0) is 6.54 Å². The second-order valence-corrected chi connectivity index (χ2v) is 4.43. The molecule has 1 aromatic carbocycles. The monoisotopic (exact) mass is 240 g/mol. The van der Waals surface area contributed by atoms with Crippen molar-refractivity contribution >= 4 is 12.4 Å². The molecule has 2 nitrogen and oxygen atoms in total. The fraction of sp³-hybridized carbons (Fsp3) is 0.538. The van der Waals surface area contributed by atoms with E-state index < -0.39 is 0 Å². The molecular weight excluding hydrogens is 220 g/mol. The van der Waals surface area contributed by atoms with Gasteiger partial charge in [0.2, 0.25) is 0 Å². The third-order valence-corrected chi connectivity index (χ3v) is 3.41. The molecule has 0 aromatic heterocycles. The molecule has 0 saturated carbocycles. The minimum Gasteiger partial charge on any atom is -0.329 e. The Balaban J connectivity index is 0.00000128. The molecule has 1 aromatic rings. The second-order valence-electron chi connectivity index (χ2n) is 4.43. The minimum absolute atomic E-state index is 0. The first-order chi connectivity index (χ1) is 7.31. The molecule has 0 spiro atoms. The summed E-state index contributed by atoms with van der Waals surface area (Å²) < 4.78 is 0. The molecule has 1 aliphatic rings. The van der Waals surface area contributed by atoms with Crippen LogP contribution < -0.4 is 5.73 Å². The molecule has 1 atom stereocenters. The van der Waals surface area contributed by atoms with Crippen molar-refractivity contribution in [2.45, 2.75) is 32.4 Å². The number of aryl methyl sites for hydroxylation is 1. The summed E-state index contributed by atoms with van der Waals surface area (Å²) in [6.07, 6.45) is 2.57. The Morgan fingerprint density at radius 1 is 1.38 bits per heavy atom. The summed E-state index contributed by atoms with van der Waals surface area (Å²) in [7, 11) is 0. The molecule has 1 heterocycles. The van der Waals surface area contributed by atoms with Gasteiger partial charge >= 0.3 is 0 Å². The van der Waals surface area contributed by atoms with Crippen LogP contribution in [0.1, 0.15) is 24.0 Å². The van der Waals surface area contributed by atoms with E-state index in [-0.39, 0.29) is 12.4 Å². The normalized spacial score (nSPS) is 20.8. The Kier molecular flexibility index (Phi) is 5.26. The zero-order valence-electron chi connectivity index (χ0n) is 9.86. The molecule has 16 heavy (non-hydrogen) atoms. The van der Waals surface area contributed by atoms with E-state index >= 15 is 0 Å². The lowest BCUT2D eigenvalue weighted by molar-refractivity contribution is 0.250. The van der Waals surface area contributed by atoms with E-state index in [1.807, 2.05) is 0 Å². The van der Waals surface area contributed by atoms with Gasteiger partial charge in [-0.15, -0.1) is 12.4 Å². The van der Waals surface area contributed by atoms with Gasteiger partial charge in [-0.3, -0.25) is 4.90 Å². The molecule has 2 N–H and O–H groups in total. The number of nitrogens with zero attached hydrogens (tertiary/aromatic N) is 1. The molecule has 0 amide bonds. The first-order valence-corrected chi connectivity index (χ1v) is 5.80. The maximum absolute atomic E-state index is 5.77. The van der Waals surface area contributed by atoms with E-state index in [0.717, 1.165) is 13.1 Å². The highest BCUT2D eigenvalue weighted by atomic mass is 35.5. The number of hydrogen-bond donors (Lipinski definition) is 1. The summed E-state index contributed by atoms with van der Waals surface area (Å²) in [5.74, 6) is 0. The smallest absolute Gasteiger partial charge is 0.0239 e. The van der Waals surface area contributed by atoms with Crippen LogP contribution in [0, 0.1) is 6.92 Å². The van der Waals surface area contributed by atoms with E-state index in [0.29, 0.717) is 6.04 Å². The van der Waals surface area contributed by atoms with Gasteiger partial charge in [0.15, 0.2) is 0 Å². The van der Waals surface area contributed by atoms with Crippen molar-refractivity contribution in [3.63, 3.8) is 0 Å². The lowest BCUT2D eigenvalue weighted by Gasteiger charge is -2.23. The largest absolute Gasteiger partial charge is 0.329 e. The van der Waals surface area contributed by atoms with Crippen LogP contribution in [0.2, 0.25) is 0 Å². The maximum Gasteiger partial charge on any atom is 0.0239 e. The van der Waals surface area contributed by atoms with Gasteiger partial charge in [0.1, 0.15) is 0 Å². The molecule has 1 unspecified atom stereocenters. The van der Waals surface area contributed by atoms with Gasteiger partial charge in [0, 0.05) is 19.1 Å². The quantitative estimate of drug-likeness (QED) is 0.879. The Hall–Kier alpha value is -0.570. The lowest BCUT2D eigenvalue weighted by atomic mass is 10.1. The number of nitrogens with two attached hydrogens (primary N) is 1. The average molecular weight is 241 g/mol. The highest BCUT2D eigenvalue weighted by Crippen LogP contribution is 2.20. The van der Waals surface area contributed by atoms with Crippen molar-refractivity contribution < 1.29 is 0 Å². The zero-order chi connectivity index (χ0) is 10.7. The van der Waals surface area contributed by atoms with Gasteiger partial charge in [-0.05, 0) is 37.4 Å². The summed E-state index contributed by atoms with van der Waals surface area (Å²) in [5.41, 5.74) is 8.61. The maximum atomic E-state index is 5.77. The topological polar surface area (TPSA) is 29.3 Å². The van der Waals surface area contributed by atoms with E-state index in [2.05, 4.69) is 36.1 Å². The van der Waals surface area contributed by atoms with Gasteiger partial charge in [0.25, 0.3) is 0 Å². The predicted molar refractivity (Wildman–Crippen MR) is 70.9 cm³/mol. The van der Waals surface area contributed by atoms with Crippen LogP contribution in [0.5, 0.6) is 0 Å². The van der Waals surface area contributed by atoms with Crippen molar-refractivity contribution in [1.82, 2.24) is 4.90 Å². The number of rotatable bonds is 3. The fourth-order valence-electron chi connectivity index (χ4n) is 2.38. The molecule has 1 saturated heterocycles. The van der Waals surface area contributed by atoms with Crippen LogP contribution in [0.4, 0.5) is 0 Å². The van der Waals surface area contributed by atoms with Crippen LogP contribution in [0.3, 0.4) is 0 Å². The van der Waals surface area contributed by atoms with Gasteiger partial charge < -0.3 is 5.73 Å². The number of benzene rings is 1. The molecule has 1 aliphatic heterocycles. The van der Waals surface area contributed by atoms with E-state index in [1.165, 1.54) is 30.5 Å². The number of hydrogen-bond acceptors (Lipinski definition) is 2. The zero-order valence-corrected chi connectivity index (χ0v) is 10.7. The summed E-state index contributed by atoms with van der Waals surface area (Å²) >= 11 is 0. The highest BCUT2D eigenvalue weighted by Gasteiger charge is 2.22. The van der Waals surface area contributed by atoms with Gasteiger partial charge in [0.05, 0.1) is 0 Å². The Labute approximate surface area is 104 Å². The first kappa shape index (κ1) is 13.5. The average Bonchev–Trinajstić information content (AvgIpc) is 2.69. The third kappa shape index (κ3) is 2.97. The predicted octanol–water partition coefficient (Wildman–Crippen LogP) is 2.34. The molecule has 1 fully saturated rings. The van der Waals surface area contributed by atoms with Gasteiger partial charge in [-0.2, -0.15) is 0 Å².